The Labute approximate surface area is 605 Å². The van der Waals surface area contributed by atoms with Gasteiger partial charge in [-0.2, -0.15) is 0 Å². The van der Waals surface area contributed by atoms with E-state index < -0.39 is 97.5 Å². The molecule has 0 bridgehead atoms. The fourth-order valence-electron chi connectivity index (χ4n) is 11.8. The smallest absolute Gasteiger partial charge is 0.462 e. The maximum absolute atomic E-state index is 13.1. The van der Waals surface area contributed by atoms with Gasteiger partial charge in [-0.25, -0.2) is 9.13 Å². The third kappa shape index (κ3) is 73.6. The molecule has 0 fully saturated rings. The maximum Gasteiger partial charge on any atom is 0.472 e. The predicted molar refractivity (Wildman–Crippen MR) is 404 cm³/mol. The quantitative estimate of drug-likeness (QED) is 0.0169. The zero-order valence-corrected chi connectivity index (χ0v) is 66.1. The average molecular weight is 1450 g/mol. The molecule has 99 heavy (non-hydrogen) atoms. The second-order valence-corrected chi connectivity index (χ2v) is 32.0. The Morgan fingerprint density at radius 1 is 0.313 bits per heavy atom. The Balaban J connectivity index is 5.28. The molecule has 584 valence electrons. The van der Waals surface area contributed by atoms with Crippen molar-refractivity contribution in [2.45, 2.75) is 413 Å². The van der Waals surface area contributed by atoms with Gasteiger partial charge in [-0.1, -0.05) is 342 Å². The lowest BCUT2D eigenvalue weighted by molar-refractivity contribution is -0.161. The highest BCUT2D eigenvalue weighted by molar-refractivity contribution is 7.47. The van der Waals surface area contributed by atoms with Crippen LogP contribution in [0.5, 0.6) is 0 Å². The van der Waals surface area contributed by atoms with Gasteiger partial charge < -0.3 is 33.8 Å². The van der Waals surface area contributed by atoms with Gasteiger partial charge >= 0.3 is 39.5 Å². The molecular weight excluding hydrogens is 1290 g/mol. The van der Waals surface area contributed by atoms with E-state index in [1.807, 2.05) is 0 Å². The number of rotatable bonds is 77. The van der Waals surface area contributed by atoms with Gasteiger partial charge in [0.05, 0.1) is 26.4 Å². The Hall–Kier alpha value is -2.46. The minimum atomic E-state index is -4.97. The molecule has 0 aliphatic carbocycles. The van der Waals surface area contributed by atoms with Gasteiger partial charge in [0.1, 0.15) is 19.3 Å². The summed E-state index contributed by atoms with van der Waals surface area (Å²) in [5.74, 6) is -0.582. The molecular formula is C80H152O17P2. The molecule has 3 N–H and O–H groups in total. The number of hydrogen-bond acceptors (Lipinski definition) is 15. The van der Waals surface area contributed by atoms with Crippen LogP contribution in [0, 0.1) is 11.8 Å². The second kappa shape index (κ2) is 71.2. The zero-order valence-electron chi connectivity index (χ0n) is 64.3. The topological polar surface area (TPSA) is 237 Å². The summed E-state index contributed by atoms with van der Waals surface area (Å²) in [6.07, 6.45) is 63.1. The molecule has 0 aromatic rings. The van der Waals surface area contributed by atoms with Crippen LogP contribution in [0.3, 0.4) is 0 Å². The van der Waals surface area contributed by atoms with Gasteiger partial charge in [-0.05, 0) is 63.2 Å². The first-order valence-electron chi connectivity index (χ1n) is 40.8. The number of aliphatic hydroxyl groups excluding tert-OH is 1. The summed E-state index contributed by atoms with van der Waals surface area (Å²) in [6, 6.07) is 0. The van der Waals surface area contributed by atoms with Crippen LogP contribution in [0.25, 0.3) is 0 Å². The van der Waals surface area contributed by atoms with Crippen LogP contribution in [-0.2, 0) is 65.4 Å². The van der Waals surface area contributed by atoms with Gasteiger partial charge in [0, 0.05) is 25.7 Å². The van der Waals surface area contributed by atoms with Crippen molar-refractivity contribution in [3.8, 4) is 0 Å². The van der Waals surface area contributed by atoms with Crippen molar-refractivity contribution >= 4 is 39.5 Å². The number of phosphoric acid groups is 2. The number of allylic oxidation sites excluding steroid dienone is 4. The highest BCUT2D eigenvalue weighted by Gasteiger charge is 2.30. The Kier molecular flexibility index (Phi) is 69.4. The molecule has 0 aliphatic rings. The zero-order chi connectivity index (χ0) is 72.8. The first-order chi connectivity index (χ1) is 47.9. The van der Waals surface area contributed by atoms with E-state index in [-0.39, 0.29) is 25.7 Å². The summed E-state index contributed by atoms with van der Waals surface area (Å²) in [5.41, 5.74) is 0. The van der Waals surface area contributed by atoms with E-state index in [2.05, 4.69) is 65.8 Å². The molecule has 0 amide bonds. The highest BCUT2D eigenvalue weighted by Crippen LogP contribution is 2.45. The van der Waals surface area contributed by atoms with Crippen molar-refractivity contribution in [3.63, 3.8) is 0 Å². The van der Waals surface area contributed by atoms with Crippen LogP contribution in [-0.4, -0.2) is 96.7 Å². The minimum absolute atomic E-state index is 0.101. The van der Waals surface area contributed by atoms with E-state index in [1.165, 1.54) is 193 Å². The van der Waals surface area contributed by atoms with Crippen LogP contribution in [0.4, 0.5) is 0 Å². The number of ether oxygens (including phenoxy) is 4. The van der Waals surface area contributed by atoms with Crippen molar-refractivity contribution in [2.75, 3.05) is 39.6 Å². The summed E-state index contributed by atoms with van der Waals surface area (Å²) in [4.78, 5) is 73.0. The first kappa shape index (κ1) is 96.5. The van der Waals surface area contributed by atoms with E-state index in [0.717, 1.165) is 121 Å². The van der Waals surface area contributed by atoms with Crippen molar-refractivity contribution < 1.29 is 80.2 Å². The third-order valence-electron chi connectivity index (χ3n) is 18.1. The highest BCUT2D eigenvalue weighted by atomic mass is 31.2. The lowest BCUT2D eigenvalue weighted by Gasteiger charge is -2.21. The molecule has 0 saturated carbocycles. The maximum atomic E-state index is 13.1. The van der Waals surface area contributed by atoms with Gasteiger partial charge in [-0.3, -0.25) is 37.3 Å². The minimum Gasteiger partial charge on any atom is -0.462 e. The fourth-order valence-corrected chi connectivity index (χ4v) is 13.4. The van der Waals surface area contributed by atoms with Gasteiger partial charge in [-0.15, -0.1) is 0 Å². The third-order valence-corrected chi connectivity index (χ3v) is 20.0. The molecule has 0 aliphatic heterocycles. The molecule has 17 nitrogen and oxygen atoms in total. The molecule has 0 radical (unpaired) electrons. The molecule has 0 saturated heterocycles. The van der Waals surface area contributed by atoms with Crippen LogP contribution in [0.1, 0.15) is 395 Å². The van der Waals surface area contributed by atoms with Crippen molar-refractivity contribution in [1.82, 2.24) is 0 Å². The van der Waals surface area contributed by atoms with Gasteiger partial charge in [0.15, 0.2) is 12.2 Å². The van der Waals surface area contributed by atoms with Crippen LogP contribution >= 0.6 is 15.6 Å². The van der Waals surface area contributed by atoms with Crippen molar-refractivity contribution in [3.05, 3.63) is 24.3 Å². The normalized spacial score (nSPS) is 14.1. The summed E-state index contributed by atoms with van der Waals surface area (Å²) < 4.78 is 68.6. The van der Waals surface area contributed by atoms with Gasteiger partial charge in [0.25, 0.3) is 0 Å². The fraction of sp³-hybridized carbons (Fsp3) is 0.900. The summed E-state index contributed by atoms with van der Waals surface area (Å²) in [7, 11) is -9.93. The molecule has 2 unspecified atom stereocenters. The molecule has 5 atom stereocenters. The van der Waals surface area contributed by atoms with E-state index in [9.17, 15) is 43.2 Å². The van der Waals surface area contributed by atoms with Crippen LogP contribution in [0.15, 0.2) is 24.3 Å². The number of carbonyl (C=O) groups excluding carboxylic acids is 4. The Morgan fingerprint density at radius 3 is 0.828 bits per heavy atom. The average Bonchev–Trinajstić information content (AvgIpc) is 0.969. The van der Waals surface area contributed by atoms with Crippen LogP contribution < -0.4 is 0 Å². The van der Waals surface area contributed by atoms with E-state index in [0.29, 0.717) is 25.7 Å². The summed E-state index contributed by atoms with van der Waals surface area (Å²) in [5, 5.41) is 10.6. The molecule has 0 rings (SSSR count). The first-order valence-corrected chi connectivity index (χ1v) is 43.8. The largest absolute Gasteiger partial charge is 0.472 e. The predicted octanol–water partition coefficient (Wildman–Crippen LogP) is 23.4. The second-order valence-electron chi connectivity index (χ2n) is 29.1. The summed E-state index contributed by atoms with van der Waals surface area (Å²) >= 11 is 0. The van der Waals surface area contributed by atoms with E-state index >= 15 is 0 Å². The Morgan fingerprint density at radius 2 is 0.545 bits per heavy atom. The SMILES string of the molecule is CCCCCC/C=C\C=C/CCCCCCCC(=O)OC[C@H](COP(=O)(O)OC[C@@H](O)COP(=O)(O)OC[C@@H](COC(=O)CCCCCCCCCCCCCC)OC(=O)CCCCCCCCCCCCC(C)C)OC(=O)CCCCCCCCCCCCCCCCCCC(C)C. The number of unbranched alkanes of at least 4 members (excludes halogenated alkanes) is 44. The molecule has 19 heteroatoms. The van der Waals surface area contributed by atoms with Gasteiger partial charge in [0.2, 0.25) is 0 Å². The lowest BCUT2D eigenvalue weighted by Crippen LogP contribution is -2.30. The van der Waals surface area contributed by atoms with Crippen LogP contribution in [0.2, 0.25) is 0 Å². The standard InChI is InChI=1S/C80H152O17P2/c1-7-9-11-13-15-17-19-21-24-28-32-39-45-51-57-63-78(83)91-68-75(96-79(84)64-58-52-46-40-33-29-26-23-22-25-27-30-36-42-48-54-60-72(3)4)70-94-98(86,87)92-66-74(81)67-93-99(88,89)95-71-76(69-90-77(82)62-56-50-44-38-31-20-18-16-14-12-10-8-2)97-80(85)65-59-53-47-41-35-34-37-43-49-55-61-73(5)6/h17,19,21,24,72-76,81H,7-16,18,20,22-23,25-71H2,1-6H3,(H,86,87)(H,88,89)/b19-17-,24-21-/t74-,75-,76-/m1/s1. The molecule has 0 aromatic carbocycles. The summed E-state index contributed by atoms with van der Waals surface area (Å²) in [6.45, 7) is 9.58. The number of esters is 4. The Bertz CT molecular complexity index is 2000. The number of hydrogen-bond donors (Lipinski definition) is 3. The number of phosphoric ester groups is 2. The van der Waals surface area contributed by atoms with E-state index in [4.69, 9.17) is 37.0 Å². The van der Waals surface area contributed by atoms with E-state index in [1.54, 1.807) is 0 Å². The number of aliphatic hydroxyl groups is 1. The van der Waals surface area contributed by atoms with Crippen molar-refractivity contribution in [1.29, 1.82) is 0 Å². The number of carbonyl (C=O) groups is 4. The molecule has 0 spiro atoms. The molecule has 0 heterocycles. The van der Waals surface area contributed by atoms with Crippen molar-refractivity contribution in [2.24, 2.45) is 11.8 Å². The monoisotopic (exact) mass is 1450 g/mol. The molecule has 0 aromatic heterocycles. The lowest BCUT2D eigenvalue weighted by atomic mass is 10.0.